The molecule has 0 aromatic heterocycles. The number of sulfonamides is 1. The van der Waals surface area contributed by atoms with Crippen LogP contribution in [0.5, 0.6) is 0 Å². The number of nitro benzene ring substituents is 1. The molecule has 1 aromatic carbocycles. The van der Waals surface area contributed by atoms with Crippen LogP contribution in [-0.4, -0.2) is 41.7 Å². The van der Waals surface area contributed by atoms with E-state index in [0.717, 1.165) is 6.07 Å². The van der Waals surface area contributed by atoms with Gasteiger partial charge in [-0.15, -0.1) is 0 Å². The van der Waals surface area contributed by atoms with Crippen molar-refractivity contribution in [3.8, 4) is 0 Å². The average molecular weight is 317 g/mol. The summed E-state index contributed by atoms with van der Waals surface area (Å²) in [5, 5.41) is 11.2. The van der Waals surface area contributed by atoms with Crippen LogP contribution in [-0.2, 0) is 10.0 Å². The number of nitrogen functional groups attached to an aromatic ring is 1. The molecule has 0 amide bonds. The molecule has 7 nitrogen and oxygen atoms in total. The summed E-state index contributed by atoms with van der Waals surface area (Å²) < 4.78 is 26.4. The molecule has 110 valence electrons. The number of rotatable bonds is 3. The first-order chi connectivity index (χ1) is 9.32. The molecule has 1 atom stereocenters. The van der Waals surface area contributed by atoms with Gasteiger partial charge in [-0.25, -0.2) is 8.42 Å². The smallest absolute Gasteiger partial charge is 0.291 e. The van der Waals surface area contributed by atoms with Crippen LogP contribution in [0.1, 0.15) is 6.92 Å². The Labute approximate surface area is 121 Å². The fourth-order valence-corrected chi connectivity index (χ4v) is 4.93. The van der Waals surface area contributed by atoms with Crippen LogP contribution in [0.25, 0.3) is 0 Å². The van der Waals surface area contributed by atoms with Crippen molar-refractivity contribution in [1.29, 1.82) is 0 Å². The third-order valence-electron chi connectivity index (χ3n) is 3.00. The second kappa shape index (κ2) is 5.58. The Morgan fingerprint density at radius 2 is 2.20 bits per heavy atom. The molecular weight excluding hydrogens is 302 g/mol. The Balaban J connectivity index is 2.46. The van der Waals surface area contributed by atoms with Crippen molar-refractivity contribution in [2.24, 2.45) is 0 Å². The van der Waals surface area contributed by atoms with Crippen LogP contribution in [0.2, 0.25) is 0 Å². The second-order valence-electron chi connectivity index (χ2n) is 4.53. The highest BCUT2D eigenvalue weighted by Gasteiger charge is 2.34. The van der Waals surface area contributed by atoms with Gasteiger partial charge in [0, 0.05) is 35.8 Å². The summed E-state index contributed by atoms with van der Waals surface area (Å²) in [5.74, 6) is 0.684. The highest BCUT2D eigenvalue weighted by atomic mass is 32.2. The molecule has 0 bridgehead atoms. The average Bonchev–Trinajstić information content (AvgIpc) is 2.38. The monoisotopic (exact) mass is 317 g/mol. The van der Waals surface area contributed by atoms with E-state index in [2.05, 4.69) is 0 Å². The quantitative estimate of drug-likeness (QED) is 0.511. The molecule has 0 radical (unpaired) electrons. The lowest BCUT2D eigenvalue weighted by molar-refractivity contribution is -0.387. The molecule has 1 heterocycles. The molecule has 2 rings (SSSR count). The van der Waals surface area contributed by atoms with Gasteiger partial charge in [-0.3, -0.25) is 10.1 Å². The van der Waals surface area contributed by atoms with Gasteiger partial charge in [-0.05, 0) is 12.1 Å². The normalized spacial score (nSPS) is 20.8. The molecule has 0 spiro atoms. The highest BCUT2D eigenvalue weighted by molar-refractivity contribution is 8.00. The first-order valence-corrected chi connectivity index (χ1v) is 8.47. The van der Waals surface area contributed by atoms with Crippen LogP contribution in [0.3, 0.4) is 0 Å². The van der Waals surface area contributed by atoms with Crippen molar-refractivity contribution in [1.82, 2.24) is 4.31 Å². The molecule has 1 saturated heterocycles. The number of benzene rings is 1. The van der Waals surface area contributed by atoms with Gasteiger partial charge in [0.25, 0.3) is 5.69 Å². The summed E-state index contributed by atoms with van der Waals surface area (Å²) >= 11 is 1.69. The Hall–Kier alpha value is -1.32. The topological polar surface area (TPSA) is 107 Å². The van der Waals surface area contributed by atoms with Gasteiger partial charge in [0.1, 0.15) is 0 Å². The standard InChI is InChI=1S/C11H15N3O4S2/c1-8-7-13(4-5-19-8)20(17,18)11-3-2-9(12)6-10(11)14(15)16/h2-3,6,8H,4-5,7,12H2,1H3. The number of hydrogen-bond donors (Lipinski definition) is 1. The maximum absolute atomic E-state index is 12.5. The molecule has 1 unspecified atom stereocenters. The van der Waals surface area contributed by atoms with Gasteiger partial charge in [0.15, 0.2) is 4.90 Å². The molecule has 1 aliphatic heterocycles. The molecule has 2 N–H and O–H groups in total. The minimum absolute atomic E-state index is 0.165. The third-order valence-corrected chi connectivity index (χ3v) is 6.05. The molecular formula is C11H15N3O4S2. The maximum atomic E-state index is 12.5. The van der Waals surface area contributed by atoms with Crippen molar-refractivity contribution in [3.05, 3.63) is 28.3 Å². The van der Waals surface area contributed by atoms with Crippen LogP contribution in [0.15, 0.2) is 23.1 Å². The van der Waals surface area contributed by atoms with Gasteiger partial charge in [0.05, 0.1) is 4.92 Å². The summed E-state index contributed by atoms with van der Waals surface area (Å²) in [5.41, 5.74) is 5.18. The van der Waals surface area contributed by atoms with E-state index in [4.69, 9.17) is 5.73 Å². The van der Waals surface area contributed by atoms with Gasteiger partial charge in [0.2, 0.25) is 10.0 Å². The largest absolute Gasteiger partial charge is 0.399 e. The molecule has 0 aliphatic carbocycles. The van der Waals surface area contributed by atoms with Gasteiger partial charge < -0.3 is 5.73 Å². The van der Waals surface area contributed by atoms with E-state index in [1.165, 1.54) is 16.4 Å². The summed E-state index contributed by atoms with van der Waals surface area (Å²) in [4.78, 5) is 10.0. The van der Waals surface area contributed by atoms with Crippen molar-refractivity contribution in [2.45, 2.75) is 17.1 Å². The van der Waals surface area contributed by atoms with Crippen LogP contribution >= 0.6 is 11.8 Å². The minimum Gasteiger partial charge on any atom is -0.399 e. The predicted molar refractivity (Wildman–Crippen MR) is 78.2 cm³/mol. The summed E-state index contributed by atoms with van der Waals surface area (Å²) in [6.07, 6.45) is 0. The number of hydrogen-bond acceptors (Lipinski definition) is 6. The van der Waals surface area contributed by atoms with Crippen LogP contribution < -0.4 is 5.73 Å². The second-order valence-corrected chi connectivity index (χ2v) is 7.98. The fourth-order valence-electron chi connectivity index (χ4n) is 2.04. The van der Waals surface area contributed by atoms with Crippen molar-refractivity contribution in [3.63, 3.8) is 0 Å². The number of nitrogens with two attached hydrogens (primary N) is 1. The Morgan fingerprint density at radius 3 is 2.80 bits per heavy atom. The van der Waals surface area contributed by atoms with Gasteiger partial charge in [-0.2, -0.15) is 16.1 Å². The SMILES string of the molecule is CC1CN(S(=O)(=O)c2ccc(N)cc2[N+](=O)[O-])CCS1. The molecule has 1 aromatic rings. The Bertz CT molecular complexity index is 633. The first-order valence-electron chi connectivity index (χ1n) is 5.98. The first kappa shape index (κ1) is 15.1. The number of nitrogens with zero attached hydrogens (tertiary/aromatic N) is 2. The predicted octanol–water partition coefficient (Wildman–Crippen LogP) is 1.30. The van der Waals surface area contributed by atoms with E-state index in [-0.39, 0.29) is 15.8 Å². The van der Waals surface area contributed by atoms with E-state index in [0.29, 0.717) is 18.8 Å². The molecule has 1 aliphatic rings. The molecule has 1 fully saturated rings. The highest BCUT2D eigenvalue weighted by Crippen LogP contribution is 2.31. The lowest BCUT2D eigenvalue weighted by Gasteiger charge is -2.29. The molecule has 0 saturated carbocycles. The molecule has 9 heteroatoms. The van der Waals surface area contributed by atoms with Crippen LogP contribution in [0, 0.1) is 10.1 Å². The summed E-state index contributed by atoms with van der Waals surface area (Å²) in [6, 6.07) is 3.65. The zero-order valence-electron chi connectivity index (χ0n) is 10.9. The lowest BCUT2D eigenvalue weighted by atomic mass is 10.3. The fraction of sp³-hybridized carbons (Fsp3) is 0.455. The van der Waals surface area contributed by atoms with E-state index in [1.807, 2.05) is 6.92 Å². The Kier molecular flexibility index (Phi) is 4.21. The summed E-state index contributed by atoms with van der Waals surface area (Å²) in [7, 11) is -3.86. The van der Waals surface area contributed by atoms with Crippen molar-refractivity contribution >= 4 is 33.2 Å². The Morgan fingerprint density at radius 1 is 1.50 bits per heavy atom. The van der Waals surface area contributed by atoms with E-state index < -0.39 is 20.6 Å². The minimum atomic E-state index is -3.86. The summed E-state index contributed by atoms with van der Waals surface area (Å²) in [6.45, 7) is 2.65. The zero-order valence-corrected chi connectivity index (χ0v) is 12.5. The zero-order chi connectivity index (χ0) is 14.9. The van der Waals surface area contributed by atoms with Gasteiger partial charge >= 0.3 is 0 Å². The van der Waals surface area contributed by atoms with Crippen molar-refractivity contribution < 1.29 is 13.3 Å². The molecule has 20 heavy (non-hydrogen) atoms. The van der Waals surface area contributed by atoms with E-state index in [9.17, 15) is 18.5 Å². The van der Waals surface area contributed by atoms with E-state index >= 15 is 0 Å². The number of thioether (sulfide) groups is 1. The van der Waals surface area contributed by atoms with E-state index in [1.54, 1.807) is 11.8 Å². The maximum Gasteiger partial charge on any atom is 0.291 e. The van der Waals surface area contributed by atoms with Crippen molar-refractivity contribution in [2.75, 3.05) is 24.6 Å². The van der Waals surface area contributed by atoms with Gasteiger partial charge in [-0.1, -0.05) is 6.92 Å². The lowest BCUT2D eigenvalue weighted by Crippen LogP contribution is -2.41. The third kappa shape index (κ3) is 2.89. The number of nitro groups is 1. The number of anilines is 1. The van der Waals surface area contributed by atoms with Crippen LogP contribution in [0.4, 0.5) is 11.4 Å².